The highest BCUT2D eigenvalue weighted by molar-refractivity contribution is 5.94. The number of carbonyl (C=O) groups excluding carboxylic acids is 1. The monoisotopic (exact) mass is 476 g/mol. The summed E-state index contributed by atoms with van der Waals surface area (Å²) in [4.78, 5) is 15.5. The Kier molecular flexibility index (Phi) is 7.74. The summed E-state index contributed by atoms with van der Waals surface area (Å²) in [6, 6.07) is 15.4. The Bertz CT molecular complexity index is 997. The molecule has 188 valence electrons. The molecule has 1 N–H and O–H groups in total. The van der Waals surface area contributed by atoms with Gasteiger partial charge in [-0.2, -0.15) is 0 Å². The van der Waals surface area contributed by atoms with Gasteiger partial charge in [-0.05, 0) is 112 Å². The second-order valence-electron chi connectivity index (χ2n) is 10.8. The zero-order chi connectivity index (χ0) is 24.2. The standard InChI is InChI=1S/C30H40N2O3/c1-21(2)32-15-3-5-26(19-32)24-7-8-25-18-27(12-9-23(25)17-24)31-30(33)22-10-13-28(14-11-22)35-20-29-6-4-16-34-29/h7-8,10-11,13-14,17,21,26-27,29H,3-6,9,12,15-16,18-20H2,1-2H3,(H,31,33)/t26?,27-,29-/m0/s1. The summed E-state index contributed by atoms with van der Waals surface area (Å²) in [5.74, 6) is 1.43. The summed E-state index contributed by atoms with van der Waals surface area (Å²) < 4.78 is 11.4. The molecule has 0 spiro atoms. The third kappa shape index (κ3) is 6.07. The number of aryl methyl sites for hydroxylation is 1. The van der Waals surface area contributed by atoms with Crippen LogP contribution in [0.5, 0.6) is 5.75 Å². The minimum absolute atomic E-state index is 0.00303. The number of benzene rings is 2. The molecule has 5 rings (SSSR count). The molecule has 1 amide bonds. The second kappa shape index (κ2) is 11.1. The van der Waals surface area contributed by atoms with Crippen LogP contribution in [-0.2, 0) is 17.6 Å². The molecule has 5 nitrogen and oxygen atoms in total. The molecule has 2 aliphatic heterocycles. The maximum Gasteiger partial charge on any atom is 0.251 e. The Hall–Kier alpha value is -2.37. The maximum atomic E-state index is 12.9. The van der Waals surface area contributed by atoms with Gasteiger partial charge in [-0.3, -0.25) is 4.79 Å². The number of piperidine rings is 1. The molecule has 0 radical (unpaired) electrons. The number of fused-ring (bicyclic) bond motifs is 1. The average Bonchev–Trinajstić information content (AvgIpc) is 3.41. The number of amides is 1. The number of ether oxygens (including phenoxy) is 2. The van der Waals surface area contributed by atoms with E-state index in [1.807, 2.05) is 24.3 Å². The third-order valence-corrected chi connectivity index (χ3v) is 8.02. The predicted octanol–water partition coefficient (Wildman–Crippen LogP) is 5.12. The van der Waals surface area contributed by atoms with E-state index in [1.54, 1.807) is 0 Å². The van der Waals surface area contributed by atoms with Crippen molar-refractivity contribution in [3.63, 3.8) is 0 Å². The van der Waals surface area contributed by atoms with Gasteiger partial charge in [0.2, 0.25) is 0 Å². The minimum atomic E-state index is -0.00303. The number of hydrogen-bond acceptors (Lipinski definition) is 4. The highest BCUT2D eigenvalue weighted by Crippen LogP contribution is 2.31. The summed E-state index contributed by atoms with van der Waals surface area (Å²) in [6.07, 6.45) is 7.88. The fraction of sp³-hybridized carbons (Fsp3) is 0.567. The van der Waals surface area contributed by atoms with Crippen LogP contribution >= 0.6 is 0 Å². The summed E-state index contributed by atoms with van der Waals surface area (Å²) >= 11 is 0. The molecule has 2 heterocycles. The largest absolute Gasteiger partial charge is 0.491 e. The van der Waals surface area contributed by atoms with Gasteiger partial charge in [0, 0.05) is 30.8 Å². The topological polar surface area (TPSA) is 50.8 Å². The quantitative estimate of drug-likeness (QED) is 0.603. The number of hydrogen-bond donors (Lipinski definition) is 1. The Morgan fingerprint density at radius 3 is 2.71 bits per heavy atom. The van der Waals surface area contributed by atoms with Crippen molar-refractivity contribution in [2.75, 3.05) is 26.3 Å². The maximum absolute atomic E-state index is 12.9. The molecule has 5 heteroatoms. The molecule has 2 saturated heterocycles. The minimum Gasteiger partial charge on any atom is -0.491 e. The zero-order valence-electron chi connectivity index (χ0n) is 21.3. The van der Waals surface area contributed by atoms with Gasteiger partial charge < -0.3 is 19.7 Å². The van der Waals surface area contributed by atoms with Crippen molar-refractivity contribution < 1.29 is 14.3 Å². The van der Waals surface area contributed by atoms with E-state index in [2.05, 4.69) is 42.3 Å². The lowest BCUT2D eigenvalue weighted by Crippen LogP contribution is -2.39. The molecule has 0 bridgehead atoms. The van der Waals surface area contributed by atoms with Gasteiger partial charge in [0.1, 0.15) is 12.4 Å². The van der Waals surface area contributed by atoms with Gasteiger partial charge in [0.05, 0.1) is 6.10 Å². The van der Waals surface area contributed by atoms with Gasteiger partial charge in [-0.25, -0.2) is 0 Å². The van der Waals surface area contributed by atoms with Crippen LogP contribution in [0.15, 0.2) is 42.5 Å². The molecule has 1 aliphatic carbocycles. The summed E-state index contributed by atoms with van der Waals surface area (Å²) in [7, 11) is 0. The smallest absolute Gasteiger partial charge is 0.251 e. The van der Waals surface area contributed by atoms with E-state index in [1.165, 1.54) is 42.6 Å². The molecule has 35 heavy (non-hydrogen) atoms. The van der Waals surface area contributed by atoms with Crippen molar-refractivity contribution in [1.29, 1.82) is 0 Å². The molecule has 2 aromatic rings. The van der Waals surface area contributed by atoms with E-state index in [9.17, 15) is 4.79 Å². The van der Waals surface area contributed by atoms with Crippen LogP contribution in [0.25, 0.3) is 0 Å². The first-order valence-electron chi connectivity index (χ1n) is 13.6. The fourth-order valence-corrected chi connectivity index (χ4v) is 5.84. The van der Waals surface area contributed by atoms with Crippen LogP contribution in [0.2, 0.25) is 0 Å². The van der Waals surface area contributed by atoms with Gasteiger partial charge in [-0.1, -0.05) is 18.2 Å². The van der Waals surface area contributed by atoms with E-state index in [-0.39, 0.29) is 18.1 Å². The molecular weight excluding hydrogens is 436 g/mol. The molecule has 0 saturated carbocycles. The molecule has 0 aromatic heterocycles. The number of rotatable bonds is 7. The Morgan fingerprint density at radius 2 is 1.94 bits per heavy atom. The lowest BCUT2D eigenvalue weighted by Gasteiger charge is -2.36. The van der Waals surface area contributed by atoms with Crippen LogP contribution in [0, 0.1) is 0 Å². The number of nitrogens with one attached hydrogen (secondary N) is 1. The van der Waals surface area contributed by atoms with E-state index in [0.29, 0.717) is 24.1 Å². The van der Waals surface area contributed by atoms with E-state index < -0.39 is 0 Å². The first kappa shape index (κ1) is 24.3. The van der Waals surface area contributed by atoms with Crippen LogP contribution in [0.1, 0.15) is 78.9 Å². The molecule has 1 unspecified atom stereocenters. The highest BCUT2D eigenvalue weighted by Gasteiger charge is 2.26. The van der Waals surface area contributed by atoms with Crippen LogP contribution < -0.4 is 10.1 Å². The van der Waals surface area contributed by atoms with Gasteiger partial charge in [0.15, 0.2) is 0 Å². The average molecular weight is 477 g/mol. The van der Waals surface area contributed by atoms with Crippen molar-refractivity contribution in [1.82, 2.24) is 10.2 Å². The first-order valence-corrected chi connectivity index (χ1v) is 13.6. The zero-order valence-corrected chi connectivity index (χ0v) is 21.3. The van der Waals surface area contributed by atoms with Crippen molar-refractivity contribution in [3.8, 4) is 5.75 Å². The Balaban J connectivity index is 1.14. The normalized spacial score (nSPS) is 24.8. The first-order chi connectivity index (χ1) is 17.0. The summed E-state index contributed by atoms with van der Waals surface area (Å²) in [6.45, 7) is 8.42. The Morgan fingerprint density at radius 1 is 1.09 bits per heavy atom. The number of nitrogens with zero attached hydrogens (tertiary/aromatic N) is 1. The second-order valence-corrected chi connectivity index (χ2v) is 10.8. The van der Waals surface area contributed by atoms with Crippen molar-refractivity contribution in [2.45, 2.75) is 82.9 Å². The molecule has 2 aromatic carbocycles. The van der Waals surface area contributed by atoms with Crippen molar-refractivity contribution >= 4 is 5.91 Å². The van der Waals surface area contributed by atoms with E-state index in [0.717, 1.165) is 44.5 Å². The van der Waals surface area contributed by atoms with Gasteiger partial charge >= 0.3 is 0 Å². The Labute approximate surface area is 210 Å². The predicted molar refractivity (Wildman–Crippen MR) is 139 cm³/mol. The molecule has 3 aliphatic rings. The fourth-order valence-electron chi connectivity index (χ4n) is 5.84. The summed E-state index contributed by atoms with van der Waals surface area (Å²) in [5.41, 5.74) is 5.04. The number of likely N-dealkylation sites (tertiary alicyclic amines) is 1. The van der Waals surface area contributed by atoms with E-state index >= 15 is 0 Å². The number of carbonyl (C=O) groups is 1. The van der Waals surface area contributed by atoms with Crippen LogP contribution in [0.3, 0.4) is 0 Å². The van der Waals surface area contributed by atoms with Crippen LogP contribution in [0.4, 0.5) is 0 Å². The van der Waals surface area contributed by atoms with Crippen molar-refractivity contribution in [3.05, 3.63) is 64.7 Å². The van der Waals surface area contributed by atoms with Crippen LogP contribution in [-0.4, -0.2) is 55.3 Å². The third-order valence-electron chi connectivity index (χ3n) is 8.02. The molecular formula is C30H40N2O3. The molecule has 2 fully saturated rings. The van der Waals surface area contributed by atoms with E-state index in [4.69, 9.17) is 9.47 Å². The lowest BCUT2D eigenvalue weighted by molar-refractivity contribution is 0.0679. The summed E-state index contributed by atoms with van der Waals surface area (Å²) in [5, 5.41) is 3.26. The van der Waals surface area contributed by atoms with Gasteiger partial charge in [-0.15, -0.1) is 0 Å². The highest BCUT2D eigenvalue weighted by atomic mass is 16.5. The van der Waals surface area contributed by atoms with Crippen molar-refractivity contribution in [2.24, 2.45) is 0 Å². The molecule has 3 atom stereocenters. The SMILES string of the molecule is CC(C)N1CCCC(c2ccc3c(c2)CC[C@H](NC(=O)c2ccc(OC[C@@H]4CCCO4)cc2)C3)C1. The van der Waals surface area contributed by atoms with Gasteiger partial charge in [0.25, 0.3) is 5.91 Å². The lowest BCUT2D eigenvalue weighted by atomic mass is 9.83.